The molecule has 5 rings (SSSR count). The first kappa shape index (κ1) is 22.1. The fraction of sp³-hybridized carbons (Fsp3) is 0.522. The maximum absolute atomic E-state index is 13.6. The lowest BCUT2D eigenvalue weighted by molar-refractivity contribution is -0.127. The molecule has 0 aromatic carbocycles. The van der Waals surface area contributed by atoms with Crippen molar-refractivity contribution >= 4 is 50.6 Å². The van der Waals surface area contributed by atoms with Gasteiger partial charge in [0.05, 0.1) is 30.3 Å². The molecular formula is C23H27N3O3S3. The molecule has 1 aliphatic heterocycles. The van der Waals surface area contributed by atoms with E-state index in [1.165, 1.54) is 28.6 Å². The maximum atomic E-state index is 13.6. The molecular weight excluding hydrogens is 462 g/mol. The third-order valence-electron chi connectivity index (χ3n) is 6.17. The van der Waals surface area contributed by atoms with Crippen molar-refractivity contribution in [2.24, 2.45) is 0 Å². The highest BCUT2D eigenvalue weighted by Gasteiger charge is 2.25. The van der Waals surface area contributed by atoms with E-state index in [0.717, 1.165) is 53.8 Å². The Morgan fingerprint density at radius 2 is 2.22 bits per heavy atom. The summed E-state index contributed by atoms with van der Waals surface area (Å²) in [6, 6.07) is 4.03. The van der Waals surface area contributed by atoms with Crippen LogP contribution in [0, 0.1) is 0 Å². The summed E-state index contributed by atoms with van der Waals surface area (Å²) in [4.78, 5) is 36.4. The van der Waals surface area contributed by atoms with Gasteiger partial charge in [-0.3, -0.25) is 14.2 Å². The first-order valence-electron chi connectivity index (χ1n) is 11.2. The van der Waals surface area contributed by atoms with Gasteiger partial charge in [0.15, 0.2) is 5.16 Å². The number of carbonyl (C=O) groups excluding carboxylic acids is 1. The molecule has 6 nitrogen and oxygen atoms in total. The average molecular weight is 490 g/mol. The number of nitrogens with zero attached hydrogens (tertiary/aromatic N) is 3. The van der Waals surface area contributed by atoms with E-state index in [-0.39, 0.29) is 23.3 Å². The van der Waals surface area contributed by atoms with Gasteiger partial charge in [0.25, 0.3) is 5.56 Å². The van der Waals surface area contributed by atoms with Crippen molar-refractivity contribution in [3.63, 3.8) is 0 Å². The van der Waals surface area contributed by atoms with Crippen LogP contribution in [0.25, 0.3) is 10.2 Å². The highest BCUT2D eigenvalue weighted by Crippen LogP contribution is 2.35. The number of aryl methyl sites for hydroxylation is 2. The Morgan fingerprint density at radius 3 is 3.00 bits per heavy atom. The van der Waals surface area contributed by atoms with Crippen LogP contribution >= 0.6 is 34.4 Å². The fourth-order valence-corrected chi connectivity index (χ4v) is 7.45. The predicted octanol–water partition coefficient (Wildman–Crippen LogP) is 4.33. The Morgan fingerprint density at radius 1 is 1.34 bits per heavy atom. The van der Waals surface area contributed by atoms with Crippen LogP contribution in [-0.4, -0.2) is 45.9 Å². The Balaban J connectivity index is 1.42. The van der Waals surface area contributed by atoms with Crippen molar-refractivity contribution in [1.29, 1.82) is 0 Å². The molecule has 0 saturated carbocycles. The fourth-order valence-electron chi connectivity index (χ4n) is 4.44. The number of rotatable bonds is 7. The van der Waals surface area contributed by atoms with Gasteiger partial charge in [0.1, 0.15) is 4.83 Å². The Kier molecular flexibility index (Phi) is 6.69. The van der Waals surface area contributed by atoms with E-state index in [1.54, 1.807) is 32.1 Å². The number of thioether (sulfide) groups is 1. The average Bonchev–Trinajstić information content (AvgIpc) is 3.55. The first-order valence-corrected chi connectivity index (χ1v) is 13.8. The summed E-state index contributed by atoms with van der Waals surface area (Å²) in [5.74, 6) is 0.295. The molecule has 1 saturated heterocycles. The summed E-state index contributed by atoms with van der Waals surface area (Å²) < 4.78 is 7.60. The molecule has 1 aliphatic carbocycles. The third kappa shape index (κ3) is 4.53. The topological polar surface area (TPSA) is 64.4 Å². The van der Waals surface area contributed by atoms with Gasteiger partial charge in [-0.25, -0.2) is 4.98 Å². The van der Waals surface area contributed by atoms with E-state index < -0.39 is 0 Å². The van der Waals surface area contributed by atoms with Crippen LogP contribution in [0.3, 0.4) is 0 Å². The third-order valence-corrected chi connectivity index (χ3v) is 9.18. The molecule has 4 heterocycles. The number of thiophene rings is 2. The van der Waals surface area contributed by atoms with Crippen LogP contribution in [0.15, 0.2) is 27.5 Å². The second-order valence-electron chi connectivity index (χ2n) is 8.45. The highest BCUT2D eigenvalue weighted by atomic mass is 32.2. The molecule has 2 aliphatic rings. The Bertz CT molecular complexity index is 1160. The maximum Gasteiger partial charge on any atom is 0.263 e. The van der Waals surface area contributed by atoms with E-state index in [9.17, 15) is 9.59 Å². The summed E-state index contributed by atoms with van der Waals surface area (Å²) in [6.45, 7) is 1.86. The van der Waals surface area contributed by atoms with Gasteiger partial charge in [-0.15, -0.1) is 22.7 Å². The van der Waals surface area contributed by atoms with Crippen molar-refractivity contribution in [3.05, 3.63) is 43.2 Å². The van der Waals surface area contributed by atoms with E-state index in [4.69, 9.17) is 9.72 Å². The number of hydrogen-bond donors (Lipinski definition) is 0. The van der Waals surface area contributed by atoms with E-state index in [0.29, 0.717) is 18.2 Å². The molecule has 1 amide bonds. The molecule has 3 aromatic heterocycles. The van der Waals surface area contributed by atoms with Gasteiger partial charge in [-0.1, -0.05) is 17.8 Å². The molecule has 3 aromatic rings. The molecule has 1 fully saturated rings. The molecule has 170 valence electrons. The highest BCUT2D eigenvalue weighted by molar-refractivity contribution is 7.99. The predicted molar refractivity (Wildman–Crippen MR) is 131 cm³/mol. The van der Waals surface area contributed by atoms with Crippen LogP contribution in [0.1, 0.15) is 41.0 Å². The van der Waals surface area contributed by atoms with Gasteiger partial charge in [-0.05, 0) is 55.5 Å². The van der Waals surface area contributed by atoms with E-state index in [2.05, 4.69) is 0 Å². The summed E-state index contributed by atoms with van der Waals surface area (Å²) in [5.41, 5.74) is 1.24. The minimum Gasteiger partial charge on any atom is -0.376 e. The van der Waals surface area contributed by atoms with Crippen LogP contribution < -0.4 is 5.56 Å². The minimum atomic E-state index is 0.0341. The summed E-state index contributed by atoms with van der Waals surface area (Å²) in [6.07, 6.45) is 6.33. The number of aromatic nitrogens is 2. The SMILES string of the molecule is CN(Cc1cccs1)C(=O)CSc1nc2sc3c(c2c(=O)n1CC1CCCO1)CCCC3. The van der Waals surface area contributed by atoms with Crippen LogP contribution in [0.4, 0.5) is 0 Å². The second kappa shape index (κ2) is 9.67. The zero-order chi connectivity index (χ0) is 22.1. The van der Waals surface area contributed by atoms with Gasteiger partial charge in [0, 0.05) is 23.4 Å². The Labute approximate surface area is 199 Å². The number of amides is 1. The molecule has 0 radical (unpaired) electrons. The lowest BCUT2D eigenvalue weighted by Gasteiger charge is -2.18. The van der Waals surface area contributed by atoms with E-state index in [1.807, 2.05) is 24.6 Å². The van der Waals surface area contributed by atoms with Crippen LogP contribution in [0.2, 0.25) is 0 Å². The van der Waals surface area contributed by atoms with Gasteiger partial charge < -0.3 is 9.64 Å². The molecule has 0 spiro atoms. The van der Waals surface area contributed by atoms with Gasteiger partial charge >= 0.3 is 0 Å². The van der Waals surface area contributed by atoms with Crippen molar-refractivity contribution in [2.45, 2.75) is 62.9 Å². The van der Waals surface area contributed by atoms with Gasteiger partial charge in [0.2, 0.25) is 5.91 Å². The number of ether oxygens (including phenoxy) is 1. The standard InChI is InChI=1S/C23H27N3O3S3/c1-25(13-16-7-5-11-30-16)19(27)14-31-23-24-21-20(17-8-2-3-9-18(17)32-21)22(28)26(23)12-15-6-4-10-29-15/h5,7,11,15H,2-4,6,8-10,12-14H2,1H3. The largest absolute Gasteiger partial charge is 0.376 e. The van der Waals surface area contributed by atoms with Gasteiger partial charge in [-0.2, -0.15) is 0 Å². The summed E-state index contributed by atoms with van der Waals surface area (Å²) in [5, 5.41) is 3.45. The minimum absolute atomic E-state index is 0.0341. The molecule has 1 atom stereocenters. The quantitative estimate of drug-likeness (QED) is 0.365. The summed E-state index contributed by atoms with van der Waals surface area (Å²) in [7, 11) is 1.83. The second-order valence-corrected chi connectivity index (χ2v) is 11.5. The molecule has 0 N–H and O–H groups in total. The normalized spacial score (nSPS) is 18.2. The molecule has 9 heteroatoms. The number of fused-ring (bicyclic) bond motifs is 3. The van der Waals surface area contributed by atoms with E-state index >= 15 is 0 Å². The zero-order valence-electron chi connectivity index (χ0n) is 18.2. The smallest absolute Gasteiger partial charge is 0.263 e. The van der Waals surface area contributed by atoms with Crippen LogP contribution in [0.5, 0.6) is 0 Å². The lowest BCUT2D eigenvalue weighted by atomic mass is 9.97. The van der Waals surface area contributed by atoms with Crippen LogP contribution in [-0.2, 0) is 35.5 Å². The first-order chi connectivity index (χ1) is 15.6. The molecule has 1 unspecified atom stereocenters. The number of carbonyl (C=O) groups is 1. The molecule has 32 heavy (non-hydrogen) atoms. The van der Waals surface area contributed by atoms with Crippen molar-refractivity contribution in [1.82, 2.24) is 14.5 Å². The number of hydrogen-bond acceptors (Lipinski definition) is 7. The Hall–Kier alpha value is -1.68. The van der Waals surface area contributed by atoms with Crippen molar-refractivity contribution in [2.75, 3.05) is 19.4 Å². The summed E-state index contributed by atoms with van der Waals surface area (Å²) >= 11 is 4.68. The monoisotopic (exact) mass is 489 g/mol. The zero-order valence-corrected chi connectivity index (χ0v) is 20.6. The van der Waals surface area contributed by atoms with Crippen molar-refractivity contribution < 1.29 is 9.53 Å². The van der Waals surface area contributed by atoms with Crippen molar-refractivity contribution in [3.8, 4) is 0 Å². The molecule has 0 bridgehead atoms. The lowest BCUT2D eigenvalue weighted by Crippen LogP contribution is -2.30.